The summed E-state index contributed by atoms with van der Waals surface area (Å²) in [6.45, 7) is 5.14. The summed E-state index contributed by atoms with van der Waals surface area (Å²) in [6, 6.07) is 0. The van der Waals surface area contributed by atoms with Crippen LogP contribution in [0, 0.1) is 0 Å². The topological polar surface area (TPSA) is 44.8 Å². The second-order valence-electron chi connectivity index (χ2n) is 6.19. The molecule has 0 N–H and O–H groups in total. The average Bonchev–Trinajstić information content (AvgIpc) is 3.00. The van der Waals surface area contributed by atoms with Crippen LogP contribution in [-0.2, 0) is 19.0 Å². The summed E-state index contributed by atoms with van der Waals surface area (Å²) in [5, 5.41) is 0. The summed E-state index contributed by atoms with van der Waals surface area (Å²) >= 11 is 0. The number of rotatable bonds is 13. The monoisotopic (exact) mass is 326 g/mol. The molecule has 4 heteroatoms. The zero-order valence-corrected chi connectivity index (χ0v) is 14.9. The molecule has 0 bridgehead atoms. The molecular weight excluding hydrogens is 292 g/mol. The molecule has 1 aliphatic heterocycles. The SMILES string of the molecule is CC/C=C\CC1OCC(COC(=O)CCCCCCCCC)O1. The highest BCUT2D eigenvalue weighted by molar-refractivity contribution is 5.69. The van der Waals surface area contributed by atoms with Gasteiger partial charge in [0.2, 0.25) is 0 Å². The zero-order chi connectivity index (χ0) is 16.8. The molecule has 1 fully saturated rings. The Morgan fingerprint density at radius 2 is 1.83 bits per heavy atom. The maximum Gasteiger partial charge on any atom is 0.305 e. The van der Waals surface area contributed by atoms with Gasteiger partial charge >= 0.3 is 5.97 Å². The van der Waals surface area contributed by atoms with Gasteiger partial charge in [-0.3, -0.25) is 4.79 Å². The van der Waals surface area contributed by atoms with Gasteiger partial charge in [-0.25, -0.2) is 0 Å². The fourth-order valence-corrected chi connectivity index (χ4v) is 2.58. The van der Waals surface area contributed by atoms with Crippen molar-refractivity contribution in [2.45, 2.75) is 90.4 Å². The van der Waals surface area contributed by atoms with E-state index in [9.17, 15) is 4.79 Å². The molecule has 1 aliphatic rings. The van der Waals surface area contributed by atoms with Gasteiger partial charge in [-0.2, -0.15) is 0 Å². The number of ether oxygens (including phenoxy) is 3. The first-order valence-corrected chi connectivity index (χ1v) is 9.34. The molecule has 1 heterocycles. The smallest absolute Gasteiger partial charge is 0.305 e. The second kappa shape index (κ2) is 13.6. The number of hydrogen-bond donors (Lipinski definition) is 0. The Kier molecular flexibility index (Phi) is 11.9. The van der Waals surface area contributed by atoms with E-state index in [1.165, 1.54) is 32.1 Å². The molecule has 1 rings (SSSR count). The Hall–Kier alpha value is -0.870. The van der Waals surface area contributed by atoms with Gasteiger partial charge in [-0.05, 0) is 12.8 Å². The Labute approximate surface area is 141 Å². The first-order valence-electron chi connectivity index (χ1n) is 9.34. The Bertz CT molecular complexity index is 327. The summed E-state index contributed by atoms with van der Waals surface area (Å²) in [5.41, 5.74) is 0. The van der Waals surface area contributed by atoms with Crippen LogP contribution in [0.2, 0.25) is 0 Å². The van der Waals surface area contributed by atoms with E-state index in [1.807, 2.05) is 0 Å². The number of carbonyl (C=O) groups is 1. The van der Waals surface area contributed by atoms with Crippen molar-refractivity contribution in [3.63, 3.8) is 0 Å². The highest BCUT2D eigenvalue weighted by Gasteiger charge is 2.26. The molecular formula is C19H34O4. The van der Waals surface area contributed by atoms with Gasteiger partial charge in [-0.15, -0.1) is 0 Å². The Balaban J connectivity index is 1.96. The lowest BCUT2D eigenvalue weighted by atomic mass is 10.1. The third-order valence-corrected chi connectivity index (χ3v) is 3.96. The van der Waals surface area contributed by atoms with Gasteiger partial charge in [-0.1, -0.05) is 64.5 Å². The predicted molar refractivity (Wildman–Crippen MR) is 92.2 cm³/mol. The van der Waals surface area contributed by atoms with E-state index in [2.05, 4.69) is 26.0 Å². The molecule has 0 saturated carbocycles. The minimum atomic E-state index is -0.190. The van der Waals surface area contributed by atoms with Crippen LogP contribution in [0.5, 0.6) is 0 Å². The van der Waals surface area contributed by atoms with Gasteiger partial charge in [0.15, 0.2) is 6.29 Å². The zero-order valence-electron chi connectivity index (χ0n) is 14.9. The number of esters is 1. The predicted octanol–water partition coefficient (Wildman–Crippen LogP) is 4.77. The number of carbonyl (C=O) groups excluding carboxylic acids is 1. The molecule has 2 unspecified atom stereocenters. The first kappa shape index (κ1) is 20.2. The van der Waals surface area contributed by atoms with Crippen LogP contribution in [0.3, 0.4) is 0 Å². The molecule has 1 saturated heterocycles. The van der Waals surface area contributed by atoms with Crippen molar-refractivity contribution < 1.29 is 19.0 Å². The summed E-state index contributed by atoms with van der Waals surface area (Å²) in [7, 11) is 0. The quantitative estimate of drug-likeness (QED) is 0.278. The fourth-order valence-electron chi connectivity index (χ4n) is 2.58. The highest BCUT2D eigenvalue weighted by atomic mass is 16.7. The van der Waals surface area contributed by atoms with Crippen molar-refractivity contribution in [1.82, 2.24) is 0 Å². The summed E-state index contributed by atoms with van der Waals surface area (Å²) in [5.74, 6) is -0.114. The third kappa shape index (κ3) is 10.5. The largest absolute Gasteiger partial charge is 0.463 e. The van der Waals surface area contributed by atoms with Gasteiger partial charge in [0.1, 0.15) is 12.7 Å². The molecule has 0 radical (unpaired) electrons. The molecule has 0 aromatic carbocycles. The second-order valence-corrected chi connectivity index (χ2v) is 6.19. The molecule has 0 aliphatic carbocycles. The van der Waals surface area contributed by atoms with Crippen molar-refractivity contribution in [2.24, 2.45) is 0 Å². The van der Waals surface area contributed by atoms with E-state index >= 15 is 0 Å². The van der Waals surface area contributed by atoms with Crippen molar-refractivity contribution in [2.75, 3.05) is 13.2 Å². The molecule has 134 valence electrons. The van der Waals surface area contributed by atoms with Crippen LogP contribution in [0.15, 0.2) is 12.2 Å². The molecule has 4 nitrogen and oxygen atoms in total. The fraction of sp³-hybridized carbons (Fsp3) is 0.842. The molecule has 2 atom stereocenters. The summed E-state index contributed by atoms with van der Waals surface area (Å²) < 4.78 is 16.5. The first-order chi connectivity index (χ1) is 11.3. The molecule has 0 aromatic rings. The van der Waals surface area contributed by atoms with Crippen molar-refractivity contribution in [3.05, 3.63) is 12.2 Å². The van der Waals surface area contributed by atoms with Crippen LogP contribution < -0.4 is 0 Å². The summed E-state index contributed by atoms with van der Waals surface area (Å²) in [4.78, 5) is 11.7. The average molecular weight is 326 g/mol. The Morgan fingerprint density at radius 3 is 2.57 bits per heavy atom. The van der Waals surface area contributed by atoms with Crippen LogP contribution in [0.1, 0.15) is 78.1 Å². The van der Waals surface area contributed by atoms with Crippen molar-refractivity contribution in [3.8, 4) is 0 Å². The normalized spacial score (nSPS) is 21.1. The minimum Gasteiger partial charge on any atom is -0.463 e. The summed E-state index contributed by atoms with van der Waals surface area (Å²) in [6.07, 6.45) is 14.6. The molecule has 0 amide bonds. The standard InChI is InChI=1S/C19H34O4/c1-3-5-7-8-9-10-12-13-18(20)21-15-17-16-22-19(23-17)14-11-6-4-2/h6,11,17,19H,3-5,7-10,12-16H2,1-2H3/b11-6-. The van der Waals surface area contributed by atoms with Crippen molar-refractivity contribution in [1.29, 1.82) is 0 Å². The van der Waals surface area contributed by atoms with Crippen LogP contribution in [0.25, 0.3) is 0 Å². The maximum absolute atomic E-state index is 11.7. The number of hydrogen-bond acceptors (Lipinski definition) is 4. The van der Waals surface area contributed by atoms with Crippen molar-refractivity contribution >= 4 is 5.97 Å². The van der Waals surface area contributed by atoms with E-state index in [4.69, 9.17) is 14.2 Å². The lowest BCUT2D eigenvalue weighted by molar-refractivity contribution is -0.148. The van der Waals surface area contributed by atoms with Gasteiger partial charge in [0.25, 0.3) is 0 Å². The minimum absolute atomic E-state index is 0.114. The molecule has 0 spiro atoms. The van der Waals surface area contributed by atoms with Crippen LogP contribution in [0.4, 0.5) is 0 Å². The van der Waals surface area contributed by atoms with Crippen LogP contribution >= 0.6 is 0 Å². The Morgan fingerprint density at radius 1 is 1.09 bits per heavy atom. The van der Waals surface area contributed by atoms with Gasteiger partial charge in [0, 0.05) is 12.8 Å². The highest BCUT2D eigenvalue weighted by Crippen LogP contribution is 2.16. The van der Waals surface area contributed by atoms with E-state index in [0.717, 1.165) is 25.7 Å². The molecule has 23 heavy (non-hydrogen) atoms. The van der Waals surface area contributed by atoms with E-state index in [-0.39, 0.29) is 18.4 Å². The molecule has 0 aromatic heterocycles. The van der Waals surface area contributed by atoms with E-state index in [1.54, 1.807) is 0 Å². The van der Waals surface area contributed by atoms with E-state index < -0.39 is 0 Å². The van der Waals surface area contributed by atoms with Gasteiger partial charge < -0.3 is 14.2 Å². The lowest BCUT2D eigenvalue weighted by Crippen LogP contribution is -2.21. The van der Waals surface area contributed by atoms with Crippen LogP contribution in [-0.4, -0.2) is 31.6 Å². The maximum atomic E-state index is 11.7. The number of unbranched alkanes of at least 4 members (excludes halogenated alkanes) is 6. The lowest BCUT2D eigenvalue weighted by Gasteiger charge is -2.10. The number of allylic oxidation sites excluding steroid dienone is 1. The third-order valence-electron chi connectivity index (χ3n) is 3.96. The van der Waals surface area contributed by atoms with E-state index in [0.29, 0.717) is 19.6 Å². The van der Waals surface area contributed by atoms with Gasteiger partial charge in [0.05, 0.1) is 6.61 Å².